The lowest BCUT2D eigenvalue weighted by Crippen LogP contribution is -2.38. The van der Waals surface area contributed by atoms with Gasteiger partial charge in [-0.1, -0.05) is 24.3 Å². The van der Waals surface area contributed by atoms with E-state index in [9.17, 15) is 35.2 Å². The summed E-state index contributed by atoms with van der Waals surface area (Å²) in [5.41, 5.74) is 2.49. The molecule has 0 spiro atoms. The van der Waals surface area contributed by atoms with Gasteiger partial charge in [0.05, 0.1) is 33.2 Å². The fourth-order valence-corrected chi connectivity index (χ4v) is 5.62. The van der Waals surface area contributed by atoms with Crippen molar-refractivity contribution in [2.45, 2.75) is 12.6 Å². The molecule has 0 unspecified atom stereocenters. The minimum absolute atomic E-state index is 0.0672. The van der Waals surface area contributed by atoms with Crippen LogP contribution in [0, 0.1) is 11.6 Å². The molecule has 0 bridgehead atoms. The predicted molar refractivity (Wildman–Crippen MR) is 160 cm³/mol. The second-order valence-corrected chi connectivity index (χ2v) is 12.1. The topological polar surface area (TPSA) is 131 Å². The van der Waals surface area contributed by atoms with Crippen molar-refractivity contribution in [2.24, 2.45) is 5.14 Å². The van der Waals surface area contributed by atoms with Gasteiger partial charge in [0.15, 0.2) is 0 Å². The number of amides is 1. The van der Waals surface area contributed by atoms with Crippen LogP contribution in [0.2, 0.25) is 0 Å². The lowest BCUT2D eigenvalue weighted by atomic mass is 10.1. The normalized spacial score (nSPS) is 11.8. The molecule has 3 aromatic carbocycles. The third-order valence-electron chi connectivity index (χ3n) is 6.29. The molecule has 0 aliphatic heterocycles. The quantitative estimate of drug-likeness (QED) is 0.176. The first-order valence-electron chi connectivity index (χ1n) is 12.9. The summed E-state index contributed by atoms with van der Waals surface area (Å²) in [6, 6.07) is 15.6. The molecule has 45 heavy (non-hydrogen) atoms. The fraction of sp³-hybridized carbons (Fsp3) is 0.103. The van der Waals surface area contributed by atoms with E-state index >= 15 is 0 Å². The van der Waals surface area contributed by atoms with Gasteiger partial charge in [0, 0.05) is 29.2 Å². The van der Waals surface area contributed by atoms with Crippen LogP contribution in [0.3, 0.4) is 0 Å². The zero-order valence-electron chi connectivity index (χ0n) is 22.8. The molecule has 0 saturated heterocycles. The Morgan fingerprint density at radius 1 is 0.978 bits per heavy atom. The summed E-state index contributed by atoms with van der Waals surface area (Å²) in [7, 11) is -3.64. The summed E-state index contributed by atoms with van der Waals surface area (Å²) in [5.74, 6) is -4.72. The minimum Gasteiger partial charge on any atom is -0.324 e. The Morgan fingerprint density at radius 3 is 2.51 bits per heavy atom. The van der Waals surface area contributed by atoms with Crippen LogP contribution in [-0.2, 0) is 21.2 Å². The Hall–Kier alpha value is -4.80. The van der Waals surface area contributed by atoms with Crippen molar-refractivity contribution < 1.29 is 35.2 Å². The van der Waals surface area contributed by atoms with Gasteiger partial charge in [0.25, 0.3) is 0 Å². The Balaban J connectivity index is 1.47. The zero-order chi connectivity index (χ0) is 32.4. The van der Waals surface area contributed by atoms with Gasteiger partial charge in [0.1, 0.15) is 11.6 Å². The number of nitrogens with two attached hydrogens (primary N) is 1. The summed E-state index contributed by atoms with van der Waals surface area (Å²) in [6.45, 7) is 0. The molecule has 0 radical (unpaired) electrons. The van der Waals surface area contributed by atoms with Crippen molar-refractivity contribution >= 4 is 50.3 Å². The Labute approximate surface area is 257 Å². The number of alkyl halides is 3. The van der Waals surface area contributed by atoms with Crippen LogP contribution in [0.4, 0.5) is 45.0 Å². The van der Waals surface area contributed by atoms with E-state index in [1.54, 1.807) is 30.3 Å². The molecule has 9 nitrogen and oxygen atoms in total. The van der Waals surface area contributed by atoms with Gasteiger partial charge in [-0.05, 0) is 54.4 Å². The van der Waals surface area contributed by atoms with Crippen molar-refractivity contribution in [3.05, 3.63) is 102 Å². The van der Waals surface area contributed by atoms with Crippen molar-refractivity contribution in [2.75, 3.05) is 16.0 Å². The van der Waals surface area contributed by atoms with Crippen LogP contribution < -0.4 is 15.4 Å². The number of benzene rings is 3. The largest absolute Gasteiger partial charge is 0.472 e. The van der Waals surface area contributed by atoms with Crippen LogP contribution in [0.1, 0.15) is 5.56 Å². The Morgan fingerprint density at radius 2 is 1.76 bits per heavy atom. The predicted octanol–water partition coefficient (Wildman–Crippen LogP) is 6.35. The molecule has 3 N–H and O–H groups in total. The third kappa shape index (κ3) is 7.65. The van der Waals surface area contributed by atoms with Gasteiger partial charge in [0.2, 0.25) is 16.0 Å². The molecule has 0 saturated carbocycles. The van der Waals surface area contributed by atoms with E-state index in [4.69, 9.17) is 5.14 Å². The third-order valence-corrected chi connectivity index (χ3v) is 7.91. The highest BCUT2D eigenvalue weighted by molar-refractivity contribution is 7.89. The number of aryl methyl sites for hydroxylation is 1. The molecule has 1 amide bonds. The number of hydrogen-bond donors (Lipinski definition) is 2. The Bertz CT molecular complexity index is 1990. The maximum absolute atomic E-state index is 14.6. The van der Waals surface area contributed by atoms with Gasteiger partial charge < -0.3 is 5.32 Å². The van der Waals surface area contributed by atoms with Gasteiger partial charge in [-0.2, -0.15) is 13.2 Å². The van der Waals surface area contributed by atoms with Crippen molar-refractivity contribution in [1.82, 2.24) is 15.0 Å². The number of nitrogens with zero attached hydrogens (tertiary/aromatic N) is 4. The second-order valence-electron chi connectivity index (χ2n) is 9.52. The summed E-state index contributed by atoms with van der Waals surface area (Å²) in [6.07, 6.45) is -3.71. The zero-order valence-corrected chi connectivity index (χ0v) is 24.4. The van der Waals surface area contributed by atoms with E-state index in [0.717, 1.165) is 12.1 Å². The standard InChI is InChI=1S/C29H21F5N6O3S2/c30-19-7-8-22(31)24(15-19)40(27(41)29(32,33)34)21-6-2-4-18(14-21)25-26(44-16-37-25)23-9-11-36-28(39-23)38-20-5-1-3-17(13-20)10-12-45(35,42)43/h1-9,11,13-16H,10,12H2,(H2,35,42,43)(H,36,38,39). The number of hydrogen-bond acceptors (Lipinski definition) is 8. The molecule has 5 rings (SSSR count). The van der Waals surface area contributed by atoms with Crippen molar-refractivity contribution in [3.8, 4) is 21.8 Å². The SMILES string of the molecule is NS(=O)(=O)CCc1cccc(Nc2nccc(-c3scnc3-c3cccc(N(C(=O)C(F)(F)F)c4cc(F)ccc4F)c3)n2)c1. The maximum Gasteiger partial charge on any atom is 0.472 e. The smallest absolute Gasteiger partial charge is 0.324 e. The van der Waals surface area contributed by atoms with Crippen LogP contribution >= 0.6 is 11.3 Å². The molecule has 232 valence electrons. The number of rotatable bonds is 9. The van der Waals surface area contributed by atoms with Crippen LogP contribution in [0.15, 0.2) is 84.5 Å². The first kappa shape index (κ1) is 31.6. The first-order chi connectivity index (χ1) is 21.3. The number of nitrogens with one attached hydrogen (secondary N) is 1. The number of carbonyl (C=O) groups excluding carboxylic acids is 1. The van der Waals surface area contributed by atoms with E-state index in [-0.39, 0.29) is 34.3 Å². The first-order valence-corrected chi connectivity index (χ1v) is 15.5. The summed E-state index contributed by atoms with van der Waals surface area (Å²) >= 11 is 1.18. The van der Waals surface area contributed by atoms with E-state index in [2.05, 4.69) is 20.3 Å². The lowest BCUT2D eigenvalue weighted by Gasteiger charge is -2.25. The molecular formula is C29H21F5N6O3S2. The fourth-order valence-electron chi connectivity index (χ4n) is 4.31. The van der Waals surface area contributed by atoms with E-state index in [1.807, 2.05) is 0 Å². The average Bonchev–Trinajstić information content (AvgIpc) is 3.48. The summed E-state index contributed by atoms with van der Waals surface area (Å²) < 4.78 is 92.0. The van der Waals surface area contributed by atoms with E-state index in [0.29, 0.717) is 39.6 Å². The highest BCUT2D eigenvalue weighted by atomic mass is 32.2. The summed E-state index contributed by atoms with van der Waals surface area (Å²) in [4.78, 5) is 26.1. The molecule has 2 aromatic heterocycles. The number of anilines is 4. The molecule has 0 aliphatic carbocycles. The van der Waals surface area contributed by atoms with Crippen LogP contribution in [-0.4, -0.2) is 41.2 Å². The molecule has 0 fully saturated rings. The number of primary sulfonamides is 1. The minimum atomic E-state index is -5.40. The number of aromatic nitrogens is 3. The molecule has 0 atom stereocenters. The molecule has 16 heteroatoms. The number of carbonyl (C=O) groups is 1. The number of sulfonamides is 1. The molecule has 5 aromatic rings. The van der Waals surface area contributed by atoms with Gasteiger partial charge in [-0.3, -0.25) is 9.69 Å². The Kier molecular flexibility index (Phi) is 8.90. The lowest BCUT2D eigenvalue weighted by molar-refractivity contribution is -0.169. The average molecular weight is 661 g/mol. The number of halogens is 5. The molecular weight excluding hydrogens is 639 g/mol. The van der Waals surface area contributed by atoms with Crippen LogP contribution in [0.5, 0.6) is 0 Å². The van der Waals surface area contributed by atoms with Gasteiger partial charge >= 0.3 is 12.1 Å². The van der Waals surface area contributed by atoms with Crippen molar-refractivity contribution in [1.29, 1.82) is 0 Å². The van der Waals surface area contributed by atoms with Crippen LogP contribution in [0.25, 0.3) is 21.8 Å². The number of thiazole rings is 1. The molecule has 0 aliphatic rings. The van der Waals surface area contributed by atoms with Gasteiger partial charge in [-0.15, -0.1) is 11.3 Å². The highest BCUT2D eigenvalue weighted by Gasteiger charge is 2.44. The highest BCUT2D eigenvalue weighted by Crippen LogP contribution is 2.38. The van der Waals surface area contributed by atoms with E-state index < -0.39 is 39.4 Å². The second kappa shape index (κ2) is 12.7. The van der Waals surface area contributed by atoms with Crippen molar-refractivity contribution in [3.63, 3.8) is 0 Å². The monoisotopic (exact) mass is 660 g/mol. The molecule has 2 heterocycles. The van der Waals surface area contributed by atoms with E-state index in [1.165, 1.54) is 41.2 Å². The summed E-state index contributed by atoms with van der Waals surface area (Å²) in [5, 5.41) is 8.14. The maximum atomic E-state index is 14.6. The van der Waals surface area contributed by atoms with Gasteiger partial charge in [-0.25, -0.2) is 37.3 Å².